The molecule has 0 bridgehead atoms. The van der Waals surface area contributed by atoms with Gasteiger partial charge in [0.25, 0.3) is 5.91 Å². The molecule has 1 saturated carbocycles. The maximum absolute atomic E-state index is 12.4. The summed E-state index contributed by atoms with van der Waals surface area (Å²) in [5, 5.41) is 12.7. The lowest BCUT2D eigenvalue weighted by Crippen LogP contribution is -2.56. The summed E-state index contributed by atoms with van der Waals surface area (Å²) in [5.74, 6) is -0.832. The van der Waals surface area contributed by atoms with E-state index in [0.717, 1.165) is 18.4 Å². The summed E-state index contributed by atoms with van der Waals surface area (Å²) < 4.78 is 0. The number of carboxylic acid groups (broad SMARTS) is 1. The highest BCUT2D eigenvalue weighted by Crippen LogP contribution is 2.32. The van der Waals surface area contributed by atoms with Gasteiger partial charge in [-0.05, 0) is 62.3 Å². The van der Waals surface area contributed by atoms with Crippen LogP contribution in [0, 0.1) is 12.8 Å². The molecule has 114 valence electrons. The first kappa shape index (κ1) is 15.8. The zero-order valence-corrected chi connectivity index (χ0v) is 13.0. The van der Waals surface area contributed by atoms with Crippen molar-refractivity contribution >= 4 is 23.5 Å². The van der Waals surface area contributed by atoms with Gasteiger partial charge in [0.2, 0.25) is 0 Å². The first-order chi connectivity index (χ1) is 9.82. The van der Waals surface area contributed by atoms with Crippen molar-refractivity contribution in [2.24, 2.45) is 5.92 Å². The summed E-state index contributed by atoms with van der Waals surface area (Å²) in [7, 11) is 0. The summed E-state index contributed by atoms with van der Waals surface area (Å²) in [6.45, 7) is 3.95. The van der Waals surface area contributed by atoms with Gasteiger partial charge in [0.05, 0.1) is 0 Å². The predicted octanol–water partition coefficient (Wildman–Crippen LogP) is 3.41. The lowest BCUT2D eigenvalue weighted by Gasteiger charge is -2.36. The number of aliphatic carboxylic acids is 1. The van der Waals surface area contributed by atoms with Crippen molar-refractivity contribution in [2.75, 3.05) is 0 Å². The maximum atomic E-state index is 12.4. The van der Waals surface area contributed by atoms with Gasteiger partial charge in [0.15, 0.2) is 0 Å². The molecule has 5 heteroatoms. The number of benzene rings is 1. The third-order valence-corrected chi connectivity index (χ3v) is 4.41. The average molecular weight is 310 g/mol. The average Bonchev–Trinajstić information content (AvgIpc) is 2.40. The normalized spacial score (nSPS) is 25.4. The molecule has 0 aromatic heterocycles. The fourth-order valence-electron chi connectivity index (χ4n) is 2.80. The molecule has 0 unspecified atom stereocenters. The summed E-state index contributed by atoms with van der Waals surface area (Å²) in [6.07, 6.45) is 2.55. The summed E-state index contributed by atoms with van der Waals surface area (Å²) in [6, 6.07) is 5.03. The van der Waals surface area contributed by atoms with Crippen molar-refractivity contribution < 1.29 is 14.7 Å². The molecule has 0 aliphatic heterocycles. The van der Waals surface area contributed by atoms with Gasteiger partial charge in [-0.2, -0.15) is 0 Å². The quantitative estimate of drug-likeness (QED) is 0.899. The van der Waals surface area contributed by atoms with E-state index in [-0.39, 0.29) is 5.91 Å². The molecular formula is C16H20ClNO3. The van der Waals surface area contributed by atoms with Gasteiger partial charge in [0, 0.05) is 10.6 Å². The number of rotatable bonds is 3. The number of nitrogens with one attached hydrogen (secondary N) is 1. The van der Waals surface area contributed by atoms with E-state index in [1.54, 1.807) is 18.2 Å². The number of hydrogen-bond donors (Lipinski definition) is 2. The second-order valence-electron chi connectivity index (χ2n) is 6.04. The van der Waals surface area contributed by atoms with E-state index in [0.29, 0.717) is 29.3 Å². The number of carbonyl (C=O) groups excluding carboxylic acids is 1. The molecule has 2 rings (SSSR count). The minimum absolute atomic E-state index is 0.377. The van der Waals surface area contributed by atoms with Gasteiger partial charge in [0.1, 0.15) is 5.54 Å². The molecule has 0 radical (unpaired) electrons. The van der Waals surface area contributed by atoms with Crippen LogP contribution in [0.15, 0.2) is 18.2 Å². The molecule has 2 N–H and O–H groups in total. The van der Waals surface area contributed by atoms with Gasteiger partial charge < -0.3 is 10.4 Å². The lowest BCUT2D eigenvalue weighted by molar-refractivity contribution is -0.146. The van der Waals surface area contributed by atoms with Gasteiger partial charge >= 0.3 is 5.97 Å². The first-order valence-electron chi connectivity index (χ1n) is 7.15. The molecule has 1 amide bonds. The van der Waals surface area contributed by atoms with Crippen molar-refractivity contribution in [1.82, 2.24) is 5.32 Å². The highest BCUT2D eigenvalue weighted by molar-refractivity contribution is 6.31. The molecule has 1 aliphatic rings. The first-order valence-corrected chi connectivity index (χ1v) is 7.53. The SMILES string of the molecule is Cc1cc(Cl)cc(C(=O)NC2(C(=O)O)CCC(C)CC2)c1. The molecule has 1 aromatic carbocycles. The Kier molecular flexibility index (Phi) is 4.57. The van der Waals surface area contributed by atoms with Crippen LogP contribution in [0.1, 0.15) is 48.5 Å². The Morgan fingerprint density at radius 2 is 1.90 bits per heavy atom. The van der Waals surface area contributed by atoms with Gasteiger partial charge in [-0.25, -0.2) is 4.79 Å². The predicted molar refractivity (Wildman–Crippen MR) is 81.7 cm³/mol. The molecule has 1 aliphatic carbocycles. The van der Waals surface area contributed by atoms with Crippen molar-refractivity contribution in [3.63, 3.8) is 0 Å². The van der Waals surface area contributed by atoms with Crippen molar-refractivity contribution in [3.05, 3.63) is 34.3 Å². The fraction of sp³-hybridized carbons (Fsp3) is 0.500. The minimum atomic E-state index is -1.15. The van der Waals surface area contributed by atoms with Crippen LogP contribution in [0.2, 0.25) is 5.02 Å². The fourth-order valence-corrected chi connectivity index (χ4v) is 3.09. The Balaban J connectivity index is 2.21. The van der Waals surface area contributed by atoms with Crippen LogP contribution in [0.5, 0.6) is 0 Å². The number of aryl methyl sites for hydroxylation is 1. The van der Waals surface area contributed by atoms with Gasteiger partial charge in [-0.15, -0.1) is 0 Å². The molecule has 21 heavy (non-hydrogen) atoms. The Morgan fingerprint density at radius 3 is 2.43 bits per heavy atom. The number of halogens is 1. The summed E-state index contributed by atoms with van der Waals surface area (Å²) in [5.41, 5.74) is 0.119. The Bertz CT molecular complexity index is 542. The van der Waals surface area contributed by atoms with Crippen molar-refractivity contribution in [1.29, 1.82) is 0 Å². The minimum Gasteiger partial charge on any atom is -0.480 e. The van der Waals surface area contributed by atoms with E-state index in [9.17, 15) is 14.7 Å². The molecule has 0 saturated heterocycles. The molecule has 0 spiro atoms. The highest BCUT2D eigenvalue weighted by Gasteiger charge is 2.42. The van der Waals surface area contributed by atoms with Crippen LogP contribution in [0.25, 0.3) is 0 Å². The maximum Gasteiger partial charge on any atom is 0.329 e. The van der Waals surface area contributed by atoms with E-state index in [4.69, 9.17) is 11.6 Å². The number of carbonyl (C=O) groups is 2. The molecule has 1 aromatic rings. The van der Waals surface area contributed by atoms with Crippen LogP contribution in [0.3, 0.4) is 0 Å². The monoisotopic (exact) mass is 309 g/mol. The highest BCUT2D eigenvalue weighted by atomic mass is 35.5. The number of amides is 1. The van der Waals surface area contributed by atoms with E-state index in [1.807, 2.05) is 6.92 Å². The zero-order chi connectivity index (χ0) is 15.6. The van der Waals surface area contributed by atoms with Crippen LogP contribution in [0.4, 0.5) is 0 Å². The third-order valence-electron chi connectivity index (χ3n) is 4.19. The van der Waals surface area contributed by atoms with Gasteiger partial charge in [-0.3, -0.25) is 4.79 Å². The Labute approximate surface area is 129 Å². The molecule has 0 heterocycles. The van der Waals surface area contributed by atoms with E-state index in [2.05, 4.69) is 12.2 Å². The Hall–Kier alpha value is -1.55. The standard InChI is InChI=1S/C16H20ClNO3/c1-10-3-5-16(6-4-10,15(20)21)18-14(19)12-7-11(2)8-13(17)9-12/h7-10H,3-6H2,1-2H3,(H,18,19)(H,20,21). The largest absolute Gasteiger partial charge is 0.480 e. The van der Waals surface area contributed by atoms with Crippen LogP contribution < -0.4 is 5.32 Å². The zero-order valence-electron chi connectivity index (χ0n) is 12.3. The molecule has 1 fully saturated rings. The lowest BCUT2D eigenvalue weighted by atomic mass is 9.77. The smallest absolute Gasteiger partial charge is 0.329 e. The molecular weight excluding hydrogens is 290 g/mol. The second-order valence-corrected chi connectivity index (χ2v) is 6.48. The van der Waals surface area contributed by atoms with Crippen LogP contribution >= 0.6 is 11.6 Å². The topological polar surface area (TPSA) is 66.4 Å². The summed E-state index contributed by atoms with van der Waals surface area (Å²) >= 11 is 5.96. The van der Waals surface area contributed by atoms with Crippen LogP contribution in [-0.4, -0.2) is 22.5 Å². The van der Waals surface area contributed by atoms with E-state index in [1.165, 1.54) is 0 Å². The van der Waals surface area contributed by atoms with E-state index >= 15 is 0 Å². The van der Waals surface area contributed by atoms with Crippen LogP contribution in [-0.2, 0) is 4.79 Å². The molecule has 0 atom stereocenters. The summed E-state index contributed by atoms with van der Waals surface area (Å²) in [4.78, 5) is 24.0. The van der Waals surface area contributed by atoms with Crippen molar-refractivity contribution in [3.8, 4) is 0 Å². The Morgan fingerprint density at radius 1 is 1.29 bits per heavy atom. The second kappa shape index (κ2) is 6.06. The van der Waals surface area contributed by atoms with Gasteiger partial charge in [-0.1, -0.05) is 18.5 Å². The molecule has 4 nitrogen and oxygen atoms in total. The van der Waals surface area contributed by atoms with E-state index < -0.39 is 11.5 Å². The van der Waals surface area contributed by atoms with Crippen molar-refractivity contribution in [2.45, 2.75) is 45.1 Å². The number of hydrogen-bond acceptors (Lipinski definition) is 2. The third kappa shape index (κ3) is 3.56. The number of carboxylic acids is 1.